The molecule has 2 aliphatic heterocycles. The van der Waals surface area contributed by atoms with Crippen LogP contribution < -0.4 is 5.32 Å². The molecule has 0 radical (unpaired) electrons. The maximum atomic E-state index is 3.47. The average Bonchev–Trinajstić information content (AvgIpc) is 2.69. The fourth-order valence-electron chi connectivity index (χ4n) is 2.60. The van der Waals surface area contributed by atoms with Crippen molar-refractivity contribution in [1.29, 1.82) is 0 Å². The van der Waals surface area contributed by atoms with Gasteiger partial charge in [-0.15, -0.1) is 0 Å². The first-order valence-corrected chi connectivity index (χ1v) is 6.88. The zero-order valence-electron chi connectivity index (χ0n) is 9.33. The minimum Gasteiger partial charge on any atom is -0.316 e. The Morgan fingerprint density at radius 3 is 3.00 bits per heavy atom. The number of nitrogens with zero attached hydrogens (tertiary/aromatic N) is 1. The SMILES string of the molecule is CC1CN(C(C)C2CCNC2)CCS1. The van der Waals surface area contributed by atoms with Crippen molar-refractivity contribution < 1.29 is 0 Å². The summed E-state index contributed by atoms with van der Waals surface area (Å²) in [6.45, 7) is 9.83. The van der Waals surface area contributed by atoms with Crippen molar-refractivity contribution in [2.45, 2.75) is 31.6 Å². The van der Waals surface area contributed by atoms with Crippen LogP contribution in [0.15, 0.2) is 0 Å². The summed E-state index contributed by atoms with van der Waals surface area (Å²) < 4.78 is 0. The molecule has 1 N–H and O–H groups in total. The minimum absolute atomic E-state index is 0.786. The van der Waals surface area contributed by atoms with E-state index in [1.807, 2.05) is 0 Å². The van der Waals surface area contributed by atoms with E-state index in [2.05, 4.69) is 35.8 Å². The molecule has 0 saturated carbocycles. The zero-order chi connectivity index (χ0) is 9.97. The van der Waals surface area contributed by atoms with Gasteiger partial charge in [-0.1, -0.05) is 6.92 Å². The van der Waals surface area contributed by atoms with Crippen LogP contribution in [0.4, 0.5) is 0 Å². The predicted molar refractivity (Wildman–Crippen MR) is 63.9 cm³/mol. The molecule has 0 spiro atoms. The Morgan fingerprint density at radius 2 is 2.36 bits per heavy atom. The van der Waals surface area contributed by atoms with Gasteiger partial charge in [-0.25, -0.2) is 0 Å². The number of thioether (sulfide) groups is 1. The molecule has 14 heavy (non-hydrogen) atoms. The van der Waals surface area contributed by atoms with Crippen molar-refractivity contribution in [3.05, 3.63) is 0 Å². The molecule has 0 aliphatic carbocycles. The van der Waals surface area contributed by atoms with Crippen LogP contribution >= 0.6 is 11.8 Å². The topological polar surface area (TPSA) is 15.3 Å². The fraction of sp³-hybridized carbons (Fsp3) is 1.00. The van der Waals surface area contributed by atoms with E-state index in [9.17, 15) is 0 Å². The molecule has 2 heterocycles. The predicted octanol–water partition coefficient (Wildman–Crippen LogP) is 1.42. The lowest BCUT2D eigenvalue weighted by Gasteiger charge is -2.37. The normalized spacial score (nSPS) is 37.3. The summed E-state index contributed by atoms with van der Waals surface area (Å²) in [5, 5.41) is 4.31. The lowest BCUT2D eigenvalue weighted by Crippen LogP contribution is -2.46. The lowest BCUT2D eigenvalue weighted by molar-refractivity contribution is 0.168. The zero-order valence-corrected chi connectivity index (χ0v) is 10.1. The summed E-state index contributed by atoms with van der Waals surface area (Å²) in [5.41, 5.74) is 0. The maximum Gasteiger partial charge on any atom is 0.0147 e. The summed E-state index contributed by atoms with van der Waals surface area (Å²) in [6, 6.07) is 0.786. The Labute approximate surface area is 91.8 Å². The molecule has 2 rings (SSSR count). The van der Waals surface area contributed by atoms with E-state index in [1.165, 1.54) is 38.4 Å². The smallest absolute Gasteiger partial charge is 0.0147 e. The first-order valence-electron chi connectivity index (χ1n) is 5.83. The second-order valence-electron chi connectivity index (χ2n) is 4.67. The highest BCUT2D eigenvalue weighted by Gasteiger charge is 2.28. The minimum atomic E-state index is 0.786. The molecule has 2 fully saturated rings. The molecule has 2 aliphatic rings. The van der Waals surface area contributed by atoms with Crippen molar-refractivity contribution >= 4 is 11.8 Å². The summed E-state index contributed by atoms with van der Waals surface area (Å²) in [7, 11) is 0. The maximum absolute atomic E-state index is 3.47. The Bertz CT molecular complexity index is 180. The quantitative estimate of drug-likeness (QED) is 0.748. The first kappa shape index (κ1) is 10.8. The van der Waals surface area contributed by atoms with E-state index >= 15 is 0 Å². The highest BCUT2D eigenvalue weighted by Crippen LogP contribution is 2.24. The number of nitrogens with one attached hydrogen (secondary N) is 1. The molecule has 0 bridgehead atoms. The third kappa shape index (κ3) is 2.44. The Hall–Kier alpha value is 0.270. The van der Waals surface area contributed by atoms with Gasteiger partial charge in [0.2, 0.25) is 0 Å². The van der Waals surface area contributed by atoms with Crippen LogP contribution in [0.25, 0.3) is 0 Å². The van der Waals surface area contributed by atoms with Crippen molar-refractivity contribution in [3.63, 3.8) is 0 Å². The molecular weight excluding hydrogens is 192 g/mol. The van der Waals surface area contributed by atoms with Crippen molar-refractivity contribution in [1.82, 2.24) is 10.2 Å². The molecule has 0 aromatic rings. The molecule has 3 unspecified atom stereocenters. The second kappa shape index (κ2) is 4.86. The van der Waals surface area contributed by atoms with Crippen molar-refractivity contribution in [2.75, 3.05) is 31.9 Å². The van der Waals surface area contributed by atoms with Crippen LogP contribution in [0.3, 0.4) is 0 Å². The van der Waals surface area contributed by atoms with E-state index in [4.69, 9.17) is 0 Å². The fourth-order valence-corrected chi connectivity index (χ4v) is 3.64. The van der Waals surface area contributed by atoms with Gasteiger partial charge in [-0.05, 0) is 32.4 Å². The summed E-state index contributed by atoms with van der Waals surface area (Å²) in [5.74, 6) is 2.22. The van der Waals surface area contributed by atoms with Gasteiger partial charge in [0.1, 0.15) is 0 Å². The Kier molecular flexibility index (Phi) is 3.74. The van der Waals surface area contributed by atoms with Gasteiger partial charge < -0.3 is 5.32 Å². The van der Waals surface area contributed by atoms with Crippen LogP contribution in [-0.2, 0) is 0 Å². The molecule has 0 aromatic heterocycles. The number of hydrogen-bond acceptors (Lipinski definition) is 3. The molecule has 82 valence electrons. The second-order valence-corrected chi connectivity index (χ2v) is 6.22. The van der Waals surface area contributed by atoms with Gasteiger partial charge in [0.05, 0.1) is 0 Å². The third-order valence-electron chi connectivity index (χ3n) is 3.63. The molecule has 2 saturated heterocycles. The largest absolute Gasteiger partial charge is 0.316 e. The van der Waals surface area contributed by atoms with Crippen LogP contribution in [0.1, 0.15) is 20.3 Å². The first-order chi connectivity index (χ1) is 6.77. The Balaban J connectivity index is 1.86. The highest BCUT2D eigenvalue weighted by molar-refractivity contribution is 7.99. The van der Waals surface area contributed by atoms with Crippen LogP contribution in [0.2, 0.25) is 0 Å². The van der Waals surface area contributed by atoms with Gasteiger partial charge in [0.15, 0.2) is 0 Å². The standard InChI is InChI=1S/C11H22N2S/c1-9-8-13(5-6-14-9)10(2)11-3-4-12-7-11/h9-12H,3-8H2,1-2H3. The monoisotopic (exact) mass is 214 g/mol. The van der Waals surface area contributed by atoms with E-state index in [1.54, 1.807) is 0 Å². The third-order valence-corrected chi connectivity index (χ3v) is 4.77. The molecule has 3 atom stereocenters. The van der Waals surface area contributed by atoms with Gasteiger partial charge in [-0.3, -0.25) is 4.90 Å². The number of rotatable bonds is 2. The molecule has 2 nitrogen and oxygen atoms in total. The summed E-state index contributed by atoms with van der Waals surface area (Å²) in [6.07, 6.45) is 1.37. The van der Waals surface area contributed by atoms with E-state index in [0.29, 0.717) is 0 Å². The summed E-state index contributed by atoms with van der Waals surface area (Å²) >= 11 is 2.12. The molecular formula is C11H22N2S. The molecule has 3 heteroatoms. The van der Waals surface area contributed by atoms with Gasteiger partial charge >= 0.3 is 0 Å². The van der Waals surface area contributed by atoms with Crippen LogP contribution in [-0.4, -0.2) is 48.1 Å². The molecule has 0 aromatic carbocycles. The number of hydrogen-bond donors (Lipinski definition) is 1. The van der Waals surface area contributed by atoms with Gasteiger partial charge in [0.25, 0.3) is 0 Å². The van der Waals surface area contributed by atoms with Crippen LogP contribution in [0.5, 0.6) is 0 Å². The van der Waals surface area contributed by atoms with Gasteiger partial charge in [0, 0.05) is 30.1 Å². The van der Waals surface area contributed by atoms with Gasteiger partial charge in [-0.2, -0.15) is 11.8 Å². The Morgan fingerprint density at radius 1 is 1.50 bits per heavy atom. The molecule has 0 amide bonds. The van der Waals surface area contributed by atoms with Crippen LogP contribution in [0, 0.1) is 5.92 Å². The average molecular weight is 214 g/mol. The van der Waals surface area contributed by atoms with E-state index in [-0.39, 0.29) is 0 Å². The summed E-state index contributed by atoms with van der Waals surface area (Å²) in [4.78, 5) is 2.69. The van der Waals surface area contributed by atoms with Crippen molar-refractivity contribution in [2.24, 2.45) is 5.92 Å². The van der Waals surface area contributed by atoms with E-state index in [0.717, 1.165) is 17.2 Å². The lowest BCUT2D eigenvalue weighted by atomic mass is 9.99. The highest BCUT2D eigenvalue weighted by atomic mass is 32.2. The van der Waals surface area contributed by atoms with Crippen molar-refractivity contribution in [3.8, 4) is 0 Å². The van der Waals surface area contributed by atoms with E-state index < -0.39 is 0 Å².